The minimum Gasteiger partial charge on any atom is -0.461 e. The van der Waals surface area contributed by atoms with E-state index in [0.717, 1.165) is 25.2 Å². The van der Waals surface area contributed by atoms with Crippen molar-refractivity contribution < 1.29 is 8.94 Å². The Balaban J connectivity index is 1.84. The summed E-state index contributed by atoms with van der Waals surface area (Å²) < 4.78 is 10.6. The highest BCUT2D eigenvalue weighted by Gasteiger charge is 2.12. The molecule has 0 aliphatic carbocycles. The Morgan fingerprint density at radius 1 is 1.35 bits per heavy atom. The van der Waals surface area contributed by atoms with Crippen LogP contribution in [-0.4, -0.2) is 29.7 Å². The molecule has 20 heavy (non-hydrogen) atoms. The van der Waals surface area contributed by atoms with Crippen LogP contribution < -0.4 is 5.73 Å². The molecule has 2 aromatic heterocycles. The second-order valence-electron chi connectivity index (χ2n) is 5.59. The van der Waals surface area contributed by atoms with Crippen molar-refractivity contribution in [1.29, 1.82) is 0 Å². The van der Waals surface area contributed by atoms with Crippen LogP contribution >= 0.6 is 0 Å². The molecule has 0 amide bonds. The Bertz CT molecular complexity index is 505. The van der Waals surface area contributed by atoms with Crippen molar-refractivity contribution in [1.82, 2.24) is 10.1 Å². The molecule has 1 atom stereocenters. The topological polar surface area (TPSA) is 68.4 Å². The van der Waals surface area contributed by atoms with Crippen LogP contribution in [0.5, 0.6) is 0 Å². The average Bonchev–Trinajstić information content (AvgIpc) is 3.05. The zero-order valence-electron chi connectivity index (χ0n) is 12.4. The van der Waals surface area contributed by atoms with Crippen molar-refractivity contribution >= 4 is 0 Å². The van der Waals surface area contributed by atoms with Gasteiger partial charge in [-0.05, 0) is 38.1 Å². The fraction of sp³-hybridized carbons (Fsp3) is 0.533. The van der Waals surface area contributed by atoms with E-state index in [1.807, 2.05) is 18.2 Å². The van der Waals surface area contributed by atoms with E-state index in [1.54, 1.807) is 6.26 Å². The van der Waals surface area contributed by atoms with Gasteiger partial charge in [0.2, 0.25) is 5.76 Å². The van der Waals surface area contributed by atoms with E-state index in [4.69, 9.17) is 14.7 Å². The summed E-state index contributed by atoms with van der Waals surface area (Å²) in [6.07, 6.45) is 2.61. The largest absolute Gasteiger partial charge is 0.461 e. The van der Waals surface area contributed by atoms with Gasteiger partial charge in [-0.3, -0.25) is 0 Å². The van der Waals surface area contributed by atoms with Crippen molar-refractivity contribution in [2.75, 3.05) is 13.6 Å². The standard InChI is InChI=1S/C15H23N3O2/c1-11(2)13(16)6-7-18(3)10-12-9-15(20-17-12)14-5-4-8-19-14/h4-5,8-9,11,13H,6-7,10,16H2,1-3H3. The van der Waals surface area contributed by atoms with Gasteiger partial charge in [0.1, 0.15) is 0 Å². The summed E-state index contributed by atoms with van der Waals surface area (Å²) in [6, 6.07) is 5.85. The molecule has 0 bridgehead atoms. The number of aromatic nitrogens is 1. The lowest BCUT2D eigenvalue weighted by Crippen LogP contribution is -2.31. The van der Waals surface area contributed by atoms with Gasteiger partial charge in [-0.2, -0.15) is 0 Å². The highest BCUT2D eigenvalue weighted by Crippen LogP contribution is 2.21. The lowest BCUT2D eigenvalue weighted by Gasteiger charge is -2.20. The lowest BCUT2D eigenvalue weighted by molar-refractivity contribution is 0.286. The van der Waals surface area contributed by atoms with E-state index in [-0.39, 0.29) is 6.04 Å². The molecule has 1 unspecified atom stereocenters. The van der Waals surface area contributed by atoms with E-state index in [0.29, 0.717) is 17.4 Å². The van der Waals surface area contributed by atoms with Crippen LogP contribution in [0.2, 0.25) is 0 Å². The maximum atomic E-state index is 6.05. The first-order valence-corrected chi connectivity index (χ1v) is 7.00. The zero-order chi connectivity index (χ0) is 14.5. The quantitative estimate of drug-likeness (QED) is 0.842. The molecule has 0 radical (unpaired) electrons. The van der Waals surface area contributed by atoms with Gasteiger partial charge in [0.05, 0.1) is 12.0 Å². The molecule has 5 nitrogen and oxygen atoms in total. The first-order chi connectivity index (χ1) is 9.56. The second kappa shape index (κ2) is 6.72. The van der Waals surface area contributed by atoms with Gasteiger partial charge in [0.25, 0.3) is 0 Å². The smallest absolute Gasteiger partial charge is 0.202 e. The molecule has 0 saturated heterocycles. The van der Waals surface area contributed by atoms with Gasteiger partial charge in [-0.1, -0.05) is 19.0 Å². The third-order valence-corrected chi connectivity index (χ3v) is 3.46. The third-order valence-electron chi connectivity index (χ3n) is 3.46. The van der Waals surface area contributed by atoms with E-state index in [9.17, 15) is 0 Å². The predicted octanol–water partition coefficient (Wildman–Crippen LogP) is 2.74. The molecule has 0 aliphatic rings. The molecule has 0 spiro atoms. The molecule has 5 heteroatoms. The summed E-state index contributed by atoms with van der Waals surface area (Å²) in [5, 5.41) is 4.07. The number of hydrogen-bond acceptors (Lipinski definition) is 5. The summed E-state index contributed by atoms with van der Waals surface area (Å²) in [4.78, 5) is 2.20. The van der Waals surface area contributed by atoms with Crippen LogP contribution in [0.15, 0.2) is 33.4 Å². The van der Waals surface area contributed by atoms with Crippen molar-refractivity contribution in [3.63, 3.8) is 0 Å². The molecule has 0 aromatic carbocycles. The Morgan fingerprint density at radius 3 is 2.80 bits per heavy atom. The van der Waals surface area contributed by atoms with E-state index >= 15 is 0 Å². The van der Waals surface area contributed by atoms with Gasteiger partial charge < -0.3 is 19.6 Å². The van der Waals surface area contributed by atoms with Crippen molar-refractivity contribution in [2.45, 2.75) is 32.9 Å². The first kappa shape index (κ1) is 14.8. The minimum atomic E-state index is 0.244. The van der Waals surface area contributed by atoms with Crippen LogP contribution in [0.3, 0.4) is 0 Å². The fourth-order valence-corrected chi connectivity index (χ4v) is 1.98. The van der Waals surface area contributed by atoms with Crippen LogP contribution in [0.25, 0.3) is 11.5 Å². The normalized spacial score (nSPS) is 13.3. The fourth-order valence-electron chi connectivity index (χ4n) is 1.98. The number of nitrogens with two attached hydrogens (primary N) is 1. The molecular formula is C15H23N3O2. The number of rotatable bonds is 7. The average molecular weight is 277 g/mol. The van der Waals surface area contributed by atoms with Crippen LogP contribution in [-0.2, 0) is 6.54 Å². The predicted molar refractivity (Wildman–Crippen MR) is 78.0 cm³/mol. The third kappa shape index (κ3) is 3.95. The van der Waals surface area contributed by atoms with E-state index in [2.05, 4.69) is 31.0 Å². The maximum Gasteiger partial charge on any atom is 0.202 e. The van der Waals surface area contributed by atoms with E-state index < -0.39 is 0 Å². The Kier molecular flexibility index (Phi) is 4.98. The molecule has 110 valence electrons. The minimum absolute atomic E-state index is 0.244. The summed E-state index contributed by atoms with van der Waals surface area (Å²) >= 11 is 0. The van der Waals surface area contributed by atoms with Gasteiger partial charge in [0.15, 0.2) is 5.76 Å². The summed E-state index contributed by atoms with van der Waals surface area (Å²) in [5.41, 5.74) is 6.95. The molecule has 2 N–H and O–H groups in total. The number of hydrogen-bond donors (Lipinski definition) is 1. The highest BCUT2D eigenvalue weighted by molar-refractivity contribution is 5.49. The lowest BCUT2D eigenvalue weighted by atomic mass is 10.0. The van der Waals surface area contributed by atoms with Crippen molar-refractivity contribution in [2.24, 2.45) is 11.7 Å². The van der Waals surface area contributed by atoms with Crippen molar-refractivity contribution in [3.05, 3.63) is 30.2 Å². The monoisotopic (exact) mass is 277 g/mol. The molecule has 0 aliphatic heterocycles. The van der Waals surface area contributed by atoms with Gasteiger partial charge >= 0.3 is 0 Å². The number of furan rings is 1. The highest BCUT2D eigenvalue weighted by atomic mass is 16.5. The van der Waals surface area contributed by atoms with Crippen LogP contribution in [0, 0.1) is 5.92 Å². The molecular weight excluding hydrogens is 254 g/mol. The molecule has 0 saturated carbocycles. The Hall–Kier alpha value is -1.59. The Labute approximate surface area is 119 Å². The Morgan fingerprint density at radius 2 is 2.15 bits per heavy atom. The van der Waals surface area contributed by atoms with Gasteiger partial charge in [-0.15, -0.1) is 0 Å². The first-order valence-electron chi connectivity index (χ1n) is 7.00. The van der Waals surface area contributed by atoms with Crippen LogP contribution in [0.4, 0.5) is 0 Å². The summed E-state index contributed by atoms with van der Waals surface area (Å²) in [6.45, 7) is 5.99. The van der Waals surface area contributed by atoms with Crippen molar-refractivity contribution in [3.8, 4) is 11.5 Å². The van der Waals surface area contributed by atoms with Crippen LogP contribution in [0.1, 0.15) is 26.0 Å². The van der Waals surface area contributed by atoms with Gasteiger partial charge in [-0.25, -0.2) is 0 Å². The number of nitrogens with zero attached hydrogens (tertiary/aromatic N) is 2. The maximum absolute atomic E-state index is 6.05. The zero-order valence-corrected chi connectivity index (χ0v) is 12.4. The second-order valence-corrected chi connectivity index (χ2v) is 5.59. The molecule has 2 rings (SSSR count). The van der Waals surface area contributed by atoms with Gasteiger partial charge in [0, 0.05) is 18.7 Å². The molecule has 0 fully saturated rings. The van der Waals surface area contributed by atoms with E-state index in [1.165, 1.54) is 0 Å². The summed E-state index contributed by atoms with van der Waals surface area (Å²) in [7, 11) is 2.06. The molecule has 2 heterocycles. The SMILES string of the molecule is CC(C)C(N)CCN(C)Cc1cc(-c2ccco2)on1. The molecule has 2 aromatic rings. The summed E-state index contributed by atoms with van der Waals surface area (Å²) in [5.74, 6) is 1.88.